The maximum Gasteiger partial charge on any atom is 0.252 e. The fourth-order valence-corrected chi connectivity index (χ4v) is 2.09. The molecule has 90 valence electrons. The Morgan fingerprint density at radius 3 is 2.82 bits per heavy atom. The van der Waals surface area contributed by atoms with Gasteiger partial charge >= 0.3 is 0 Å². The van der Waals surface area contributed by atoms with Gasteiger partial charge in [-0.2, -0.15) is 0 Å². The van der Waals surface area contributed by atoms with Crippen molar-refractivity contribution in [3.8, 4) is 0 Å². The number of imide groups is 1. The quantitative estimate of drug-likeness (QED) is 0.780. The summed E-state index contributed by atoms with van der Waals surface area (Å²) in [6, 6.07) is 1.35. The second kappa shape index (κ2) is 3.58. The van der Waals surface area contributed by atoms with Crippen LogP contribution in [0.15, 0.2) is 10.6 Å². The van der Waals surface area contributed by atoms with Crippen LogP contribution in [0.3, 0.4) is 0 Å². The van der Waals surface area contributed by atoms with Crippen LogP contribution in [-0.4, -0.2) is 34.0 Å². The summed E-state index contributed by atoms with van der Waals surface area (Å²) in [6.45, 7) is 1.77. The molecule has 1 aliphatic heterocycles. The number of hydrogen-bond donors (Lipinski definition) is 1. The topological polar surface area (TPSA) is 75.4 Å². The first-order chi connectivity index (χ1) is 8.15. The second-order valence-electron chi connectivity index (χ2n) is 4.56. The molecule has 1 aromatic rings. The monoisotopic (exact) mass is 235 g/mol. The smallest absolute Gasteiger partial charge is 0.252 e. The minimum Gasteiger partial charge on any atom is -0.360 e. The number of likely N-dealkylation sites (tertiary alicyclic amines) is 1. The first-order valence-corrected chi connectivity index (χ1v) is 5.71. The van der Waals surface area contributed by atoms with Crippen LogP contribution in [0.25, 0.3) is 0 Å². The first-order valence-electron chi connectivity index (χ1n) is 5.71. The zero-order chi connectivity index (χ0) is 12.0. The summed E-state index contributed by atoms with van der Waals surface area (Å²) in [5.41, 5.74) is 0. The van der Waals surface area contributed by atoms with Gasteiger partial charge in [-0.25, -0.2) is 0 Å². The Bertz CT molecular complexity index is 478. The normalized spacial score (nSPS) is 24.5. The highest BCUT2D eigenvalue weighted by atomic mass is 16.5. The Labute approximate surface area is 97.9 Å². The molecule has 2 amide bonds. The molecule has 1 saturated carbocycles. The molecule has 0 radical (unpaired) electrons. The third-order valence-corrected chi connectivity index (χ3v) is 3.05. The molecule has 1 atom stereocenters. The number of nitrogens with zero attached hydrogens (tertiary/aromatic N) is 2. The Hall–Kier alpha value is -1.85. The summed E-state index contributed by atoms with van der Waals surface area (Å²) >= 11 is 0. The van der Waals surface area contributed by atoms with Gasteiger partial charge in [-0.1, -0.05) is 5.16 Å². The summed E-state index contributed by atoms with van der Waals surface area (Å²) in [4.78, 5) is 25.1. The molecule has 1 aromatic heterocycles. The highest BCUT2D eigenvalue weighted by Crippen LogP contribution is 2.32. The molecule has 2 heterocycles. The minimum absolute atomic E-state index is 0.0878. The van der Waals surface area contributed by atoms with Crippen molar-refractivity contribution in [2.75, 3.05) is 5.32 Å². The van der Waals surface area contributed by atoms with E-state index >= 15 is 0 Å². The van der Waals surface area contributed by atoms with E-state index in [-0.39, 0.29) is 24.3 Å². The zero-order valence-corrected chi connectivity index (χ0v) is 9.47. The van der Waals surface area contributed by atoms with E-state index in [1.54, 1.807) is 13.0 Å². The van der Waals surface area contributed by atoms with Crippen LogP contribution >= 0.6 is 0 Å². The van der Waals surface area contributed by atoms with Crippen molar-refractivity contribution in [1.29, 1.82) is 0 Å². The van der Waals surface area contributed by atoms with Crippen molar-refractivity contribution in [1.82, 2.24) is 10.1 Å². The summed E-state index contributed by atoms with van der Waals surface area (Å²) in [5, 5.41) is 6.69. The number of rotatable bonds is 3. The van der Waals surface area contributed by atoms with Crippen LogP contribution in [0.5, 0.6) is 0 Å². The highest BCUT2D eigenvalue weighted by molar-refractivity contribution is 6.07. The SMILES string of the molecule is Cc1cc(NC2CC(=O)N(C3CC3)C2=O)no1. The Balaban J connectivity index is 1.72. The predicted molar refractivity (Wildman–Crippen MR) is 58.1 cm³/mol. The van der Waals surface area contributed by atoms with Crippen LogP contribution in [-0.2, 0) is 9.59 Å². The standard InChI is InChI=1S/C11H13N3O3/c1-6-4-9(13-17-6)12-8-5-10(15)14(11(8)16)7-2-3-7/h4,7-8H,2-3,5H2,1H3,(H,12,13). The molecule has 2 fully saturated rings. The second-order valence-corrected chi connectivity index (χ2v) is 4.56. The number of amides is 2. The van der Waals surface area contributed by atoms with Gasteiger partial charge in [-0.15, -0.1) is 0 Å². The fourth-order valence-electron chi connectivity index (χ4n) is 2.09. The van der Waals surface area contributed by atoms with Crippen LogP contribution < -0.4 is 5.32 Å². The zero-order valence-electron chi connectivity index (χ0n) is 9.47. The third-order valence-electron chi connectivity index (χ3n) is 3.05. The lowest BCUT2D eigenvalue weighted by atomic mass is 10.2. The molecule has 0 aromatic carbocycles. The van der Waals surface area contributed by atoms with Crippen molar-refractivity contribution in [3.05, 3.63) is 11.8 Å². The van der Waals surface area contributed by atoms with E-state index in [1.165, 1.54) is 4.90 Å². The molecule has 6 heteroatoms. The van der Waals surface area contributed by atoms with E-state index in [4.69, 9.17) is 4.52 Å². The van der Waals surface area contributed by atoms with Crippen molar-refractivity contribution < 1.29 is 14.1 Å². The lowest BCUT2D eigenvalue weighted by molar-refractivity contribution is -0.139. The molecule has 2 aliphatic rings. The van der Waals surface area contributed by atoms with E-state index in [0.29, 0.717) is 11.6 Å². The van der Waals surface area contributed by atoms with Crippen LogP contribution in [0, 0.1) is 6.92 Å². The molecule has 0 bridgehead atoms. The number of aromatic nitrogens is 1. The molecule has 17 heavy (non-hydrogen) atoms. The average molecular weight is 235 g/mol. The number of carbonyl (C=O) groups excluding carboxylic acids is 2. The summed E-state index contributed by atoms with van der Waals surface area (Å²) < 4.78 is 4.90. The lowest BCUT2D eigenvalue weighted by Gasteiger charge is -2.13. The Morgan fingerprint density at radius 1 is 1.47 bits per heavy atom. The molecule has 0 spiro atoms. The van der Waals surface area contributed by atoms with E-state index in [1.807, 2.05) is 0 Å². The molecule has 1 saturated heterocycles. The van der Waals surface area contributed by atoms with E-state index in [0.717, 1.165) is 12.8 Å². The van der Waals surface area contributed by atoms with Crippen molar-refractivity contribution in [2.45, 2.75) is 38.3 Å². The van der Waals surface area contributed by atoms with Gasteiger partial charge in [0, 0.05) is 12.1 Å². The van der Waals surface area contributed by atoms with E-state index < -0.39 is 6.04 Å². The highest BCUT2D eigenvalue weighted by Gasteiger charge is 2.46. The Morgan fingerprint density at radius 2 is 2.24 bits per heavy atom. The maximum absolute atomic E-state index is 12.0. The van der Waals surface area contributed by atoms with Gasteiger partial charge in [-0.05, 0) is 19.8 Å². The maximum atomic E-state index is 12.0. The van der Waals surface area contributed by atoms with Gasteiger partial charge < -0.3 is 9.84 Å². The third kappa shape index (κ3) is 1.79. The lowest BCUT2D eigenvalue weighted by Crippen LogP contribution is -2.36. The molecule has 6 nitrogen and oxygen atoms in total. The molecular formula is C11H13N3O3. The van der Waals surface area contributed by atoms with Gasteiger partial charge in [0.05, 0.1) is 6.42 Å². The van der Waals surface area contributed by atoms with Crippen LogP contribution in [0.2, 0.25) is 0 Å². The average Bonchev–Trinajstić information content (AvgIpc) is 2.96. The van der Waals surface area contributed by atoms with Crippen molar-refractivity contribution in [2.24, 2.45) is 0 Å². The molecule has 1 unspecified atom stereocenters. The summed E-state index contributed by atoms with van der Waals surface area (Å²) in [6.07, 6.45) is 2.09. The van der Waals surface area contributed by atoms with Gasteiger partial charge in [-0.3, -0.25) is 14.5 Å². The van der Waals surface area contributed by atoms with Gasteiger partial charge in [0.1, 0.15) is 11.8 Å². The van der Waals surface area contributed by atoms with Crippen molar-refractivity contribution >= 4 is 17.6 Å². The number of nitrogens with one attached hydrogen (secondary N) is 1. The summed E-state index contributed by atoms with van der Waals surface area (Å²) in [5.74, 6) is 0.947. The van der Waals surface area contributed by atoms with E-state index in [9.17, 15) is 9.59 Å². The fraction of sp³-hybridized carbons (Fsp3) is 0.545. The number of hydrogen-bond acceptors (Lipinski definition) is 5. The molecule has 3 rings (SSSR count). The summed E-state index contributed by atoms with van der Waals surface area (Å²) in [7, 11) is 0. The molecule has 1 N–H and O–H groups in total. The van der Waals surface area contributed by atoms with Gasteiger partial charge in [0.2, 0.25) is 5.91 Å². The molecule has 1 aliphatic carbocycles. The first kappa shape index (κ1) is 10.3. The Kier molecular flexibility index (Phi) is 2.17. The number of carbonyl (C=O) groups is 2. The van der Waals surface area contributed by atoms with Gasteiger partial charge in [0.25, 0.3) is 5.91 Å². The van der Waals surface area contributed by atoms with E-state index in [2.05, 4.69) is 10.5 Å². The minimum atomic E-state index is -0.493. The van der Waals surface area contributed by atoms with Gasteiger partial charge in [0.15, 0.2) is 5.82 Å². The van der Waals surface area contributed by atoms with Crippen LogP contribution in [0.4, 0.5) is 5.82 Å². The molecular weight excluding hydrogens is 222 g/mol. The number of aryl methyl sites for hydroxylation is 1. The van der Waals surface area contributed by atoms with Crippen LogP contribution in [0.1, 0.15) is 25.0 Å². The largest absolute Gasteiger partial charge is 0.360 e. The number of anilines is 1. The predicted octanol–water partition coefficient (Wildman–Crippen LogP) is 0.685. The van der Waals surface area contributed by atoms with Crippen molar-refractivity contribution in [3.63, 3.8) is 0 Å².